The van der Waals surface area contributed by atoms with Gasteiger partial charge in [0.05, 0.1) is 24.8 Å². The molecule has 0 saturated heterocycles. The molecule has 0 heterocycles. The van der Waals surface area contributed by atoms with E-state index < -0.39 is 11.6 Å². The number of benzene rings is 2. The molecule has 104 valence electrons. The first-order valence-corrected chi connectivity index (χ1v) is 6.17. The Balaban J connectivity index is 2.61. The van der Waals surface area contributed by atoms with Crippen molar-refractivity contribution in [3.63, 3.8) is 0 Å². The second kappa shape index (κ2) is 5.92. The van der Waals surface area contributed by atoms with Crippen LogP contribution >= 0.6 is 11.6 Å². The Hall–Kier alpha value is -2.07. The van der Waals surface area contributed by atoms with Crippen LogP contribution < -0.4 is 9.47 Å². The molecular weight excluding hydrogens is 283 g/mol. The molecule has 2 aromatic carbocycles. The summed E-state index contributed by atoms with van der Waals surface area (Å²) in [5, 5.41) is -0.107. The SMILES string of the molecule is COc1cccc(OC)c1C(=O)c1cccc(Cl)c1F. The molecule has 0 amide bonds. The second-order valence-electron chi connectivity index (χ2n) is 3.97. The maximum absolute atomic E-state index is 14.0. The molecule has 5 heteroatoms. The quantitative estimate of drug-likeness (QED) is 0.806. The van der Waals surface area contributed by atoms with Crippen LogP contribution in [0.15, 0.2) is 36.4 Å². The summed E-state index contributed by atoms with van der Waals surface area (Å²) >= 11 is 5.70. The van der Waals surface area contributed by atoms with E-state index in [1.807, 2.05) is 0 Å². The third-order valence-electron chi connectivity index (χ3n) is 2.85. The van der Waals surface area contributed by atoms with Gasteiger partial charge in [-0.25, -0.2) is 4.39 Å². The zero-order chi connectivity index (χ0) is 14.7. The van der Waals surface area contributed by atoms with Gasteiger partial charge in [0.1, 0.15) is 17.1 Å². The van der Waals surface area contributed by atoms with Gasteiger partial charge in [0.15, 0.2) is 5.82 Å². The maximum atomic E-state index is 14.0. The number of rotatable bonds is 4. The molecule has 0 N–H and O–H groups in total. The number of carbonyl (C=O) groups excluding carboxylic acids is 1. The summed E-state index contributed by atoms with van der Waals surface area (Å²) in [5.41, 5.74) is 0.0407. The van der Waals surface area contributed by atoms with E-state index >= 15 is 0 Å². The van der Waals surface area contributed by atoms with Gasteiger partial charge in [-0.05, 0) is 24.3 Å². The lowest BCUT2D eigenvalue weighted by molar-refractivity contribution is 0.102. The number of ketones is 1. The first kappa shape index (κ1) is 14.3. The molecule has 0 bridgehead atoms. The molecule has 0 spiro atoms. The highest BCUT2D eigenvalue weighted by molar-refractivity contribution is 6.31. The molecule has 2 rings (SSSR count). The molecule has 0 unspecified atom stereocenters. The second-order valence-corrected chi connectivity index (χ2v) is 4.38. The van der Waals surface area contributed by atoms with E-state index in [9.17, 15) is 9.18 Å². The summed E-state index contributed by atoms with van der Waals surface area (Å²) in [4.78, 5) is 12.5. The van der Waals surface area contributed by atoms with Crippen molar-refractivity contribution >= 4 is 17.4 Å². The highest BCUT2D eigenvalue weighted by atomic mass is 35.5. The molecule has 20 heavy (non-hydrogen) atoms. The number of ether oxygens (including phenoxy) is 2. The van der Waals surface area contributed by atoms with Gasteiger partial charge in [0.25, 0.3) is 0 Å². The van der Waals surface area contributed by atoms with Crippen molar-refractivity contribution < 1.29 is 18.7 Å². The predicted octanol–water partition coefficient (Wildman–Crippen LogP) is 3.73. The number of halogens is 2. The van der Waals surface area contributed by atoms with E-state index in [0.717, 1.165) is 0 Å². The van der Waals surface area contributed by atoms with Gasteiger partial charge in [-0.3, -0.25) is 4.79 Å². The van der Waals surface area contributed by atoms with E-state index in [1.165, 1.54) is 32.4 Å². The van der Waals surface area contributed by atoms with E-state index in [1.54, 1.807) is 18.2 Å². The highest BCUT2D eigenvalue weighted by Gasteiger charge is 2.23. The Kier molecular flexibility index (Phi) is 4.25. The molecule has 0 fully saturated rings. The summed E-state index contributed by atoms with van der Waals surface area (Å²) in [6, 6.07) is 9.17. The standard InChI is InChI=1S/C15H12ClFO3/c1-19-11-7-4-8-12(20-2)13(11)15(18)9-5-3-6-10(16)14(9)17/h3-8H,1-2H3. The number of hydrogen-bond acceptors (Lipinski definition) is 3. The lowest BCUT2D eigenvalue weighted by atomic mass is 10.0. The van der Waals surface area contributed by atoms with E-state index in [2.05, 4.69) is 0 Å². The van der Waals surface area contributed by atoms with Gasteiger partial charge in [-0.2, -0.15) is 0 Å². The van der Waals surface area contributed by atoms with E-state index in [0.29, 0.717) is 11.5 Å². The summed E-state index contributed by atoms with van der Waals surface area (Å²) in [6.07, 6.45) is 0. The minimum atomic E-state index is -0.757. The topological polar surface area (TPSA) is 35.5 Å². The van der Waals surface area contributed by atoms with Crippen LogP contribution in [0.4, 0.5) is 4.39 Å². The zero-order valence-corrected chi connectivity index (χ0v) is 11.7. The molecule has 0 aliphatic heterocycles. The van der Waals surface area contributed by atoms with Crippen molar-refractivity contribution in [3.8, 4) is 11.5 Å². The Bertz CT molecular complexity index is 633. The minimum absolute atomic E-state index is 0.107. The molecule has 0 radical (unpaired) electrons. The van der Waals surface area contributed by atoms with E-state index in [-0.39, 0.29) is 16.1 Å². The van der Waals surface area contributed by atoms with Crippen LogP contribution in [0, 0.1) is 5.82 Å². The predicted molar refractivity (Wildman–Crippen MR) is 74.4 cm³/mol. The Morgan fingerprint density at radius 2 is 1.60 bits per heavy atom. The van der Waals surface area contributed by atoms with Crippen molar-refractivity contribution in [2.45, 2.75) is 0 Å². The average Bonchev–Trinajstić information content (AvgIpc) is 2.48. The molecule has 2 aromatic rings. The highest BCUT2D eigenvalue weighted by Crippen LogP contribution is 2.32. The lowest BCUT2D eigenvalue weighted by Gasteiger charge is -2.12. The third kappa shape index (κ3) is 2.47. The van der Waals surface area contributed by atoms with Crippen molar-refractivity contribution in [2.75, 3.05) is 14.2 Å². The number of hydrogen-bond donors (Lipinski definition) is 0. The van der Waals surface area contributed by atoms with Gasteiger partial charge < -0.3 is 9.47 Å². The fourth-order valence-electron chi connectivity index (χ4n) is 1.89. The Labute approximate surface area is 120 Å². The first-order chi connectivity index (χ1) is 9.60. The van der Waals surface area contributed by atoms with E-state index in [4.69, 9.17) is 21.1 Å². The third-order valence-corrected chi connectivity index (χ3v) is 3.14. The molecular formula is C15H12ClFO3. The monoisotopic (exact) mass is 294 g/mol. The summed E-state index contributed by atoms with van der Waals surface area (Å²) < 4.78 is 24.3. The van der Waals surface area contributed by atoms with Crippen LogP contribution in [0.3, 0.4) is 0 Å². The maximum Gasteiger partial charge on any atom is 0.203 e. The number of methoxy groups -OCH3 is 2. The average molecular weight is 295 g/mol. The molecule has 0 aromatic heterocycles. The molecule has 3 nitrogen and oxygen atoms in total. The summed E-state index contributed by atoms with van der Waals surface area (Å²) in [6.45, 7) is 0. The van der Waals surface area contributed by atoms with Gasteiger partial charge in [0, 0.05) is 0 Å². The lowest BCUT2D eigenvalue weighted by Crippen LogP contribution is -2.08. The fraction of sp³-hybridized carbons (Fsp3) is 0.133. The molecule has 0 aliphatic rings. The molecule has 0 aliphatic carbocycles. The van der Waals surface area contributed by atoms with Crippen LogP contribution in [0.5, 0.6) is 11.5 Å². The first-order valence-electron chi connectivity index (χ1n) is 5.79. The van der Waals surface area contributed by atoms with Crippen molar-refractivity contribution in [3.05, 3.63) is 58.4 Å². The zero-order valence-electron chi connectivity index (χ0n) is 10.9. The van der Waals surface area contributed by atoms with Gasteiger partial charge in [0.2, 0.25) is 5.78 Å². The summed E-state index contributed by atoms with van der Waals surface area (Å²) in [5.74, 6) is -0.672. The van der Waals surface area contributed by atoms with Crippen molar-refractivity contribution in [2.24, 2.45) is 0 Å². The Morgan fingerprint density at radius 1 is 1.05 bits per heavy atom. The molecule has 0 saturated carbocycles. The van der Waals surface area contributed by atoms with Crippen LogP contribution in [0.1, 0.15) is 15.9 Å². The van der Waals surface area contributed by atoms with Crippen molar-refractivity contribution in [1.29, 1.82) is 0 Å². The number of carbonyl (C=O) groups is 1. The van der Waals surface area contributed by atoms with Crippen LogP contribution in [-0.2, 0) is 0 Å². The summed E-state index contributed by atoms with van der Waals surface area (Å²) in [7, 11) is 2.86. The van der Waals surface area contributed by atoms with Crippen LogP contribution in [0.2, 0.25) is 5.02 Å². The van der Waals surface area contributed by atoms with Gasteiger partial charge in [-0.15, -0.1) is 0 Å². The smallest absolute Gasteiger partial charge is 0.203 e. The van der Waals surface area contributed by atoms with Crippen LogP contribution in [0.25, 0.3) is 0 Å². The normalized spacial score (nSPS) is 10.2. The fourth-order valence-corrected chi connectivity index (χ4v) is 2.06. The van der Waals surface area contributed by atoms with Gasteiger partial charge in [-0.1, -0.05) is 23.7 Å². The van der Waals surface area contributed by atoms with Crippen LogP contribution in [-0.4, -0.2) is 20.0 Å². The molecule has 0 atom stereocenters. The minimum Gasteiger partial charge on any atom is -0.496 e. The van der Waals surface area contributed by atoms with Crippen molar-refractivity contribution in [1.82, 2.24) is 0 Å². The largest absolute Gasteiger partial charge is 0.496 e. The Morgan fingerprint density at radius 3 is 2.15 bits per heavy atom. The van der Waals surface area contributed by atoms with Gasteiger partial charge >= 0.3 is 0 Å².